The Balaban J connectivity index is 1.08. The molecule has 0 radical (unpaired) electrons. The Labute approximate surface area is 242 Å². The highest BCUT2D eigenvalue weighted by Gasteiger charge is 2.49. The number of thioether (sulfide) groups is 1. The normalized spacial score (nSPS) is 42.8. The first-order valence-corrected chi connectivity index (χ1v) is 16.6. The summed E-state index contributed by atoms with van der Waals surface area (Å²) in [5.41, 5.74) is 10.3. The number of hydrogen-bond donors (Lipinski definition) is 5. The molecule has 4 heterocycles. The van der Waals surface area contributed by atoms with Crippen molar-refractivity contribution in [2.75, 3.05) is 39.5 Å². The van der Waals surface area contributed by atoms with Gasteiger partial charge in [-0.3, -0.25) is 9.59 Å². The lowest BCUT2D eigenvalue weighted by atomic mass is 9.76. The van der Waals surface area contributed by atoms with E-state index in [1.165, 1.54) is 32.1 Å². The summed E-state index contributed by atoms with van der Waals surface area (Å²) < 4.78 is 11.7. The molecule has 224 valence electrons. The second-order valence-corrected chi connectivity index (χ2v) is 14.1. The predicted octanol–water partition coefficient (Wildman–Crippen LogP) is -0.265. The van der Waals surface area contributed by atoms with Gasteiger partial charge >= 0.3 is 0 Å². The number of carbonyl (C=O) groups excluding carboxylic acids is 2. The third kappa shape index (κ3) is 6.40. The summed E-state index contributed by atoms with van der Waals surface area (Å²) in [6.45, 7) is 4.52. The zero-order chi connectivity index (χ0) is 27.6. The van der Waals surface area contributed by atoms with Crippen LogP contribution in [-0.4, -0.2) is 104 Å². The van der Waals surface area contributed by atoms with Gasteiger partial charge in [0.25, 0.3) is 0 Å². The van der Waals surface area contributed by atoms with Crippen molar-refractivity contribution in [3.63, 3.8) is 0 Å². The lowest BCUT2D eigenvalue weighted by molar-refractivity contribution is -0.431. The summed E-state index contributed by atoms with van der Waals surface area (Å²) in [4.78, 5) is 27.7. The minimum atomic E-state index is -0.354. The maximum absolute atomic E-state index is 13.0. The van der Waals surface area contributed by atoms with E-state index in [9.17, 15) is 9.59 Å². The molecule has 2 aliphatic carbocycles. The van der Waals surface area contributed by atoms with Gasteiger partial charge in [-0.2, -0.15) is 0 Å². The van der Waals surface area contributed by atoms with E-state index in [1.54, 1.807) is 6.08 Å². The minimum absolute atomic E-state index is 0.00780. The Morgan fingerprint density at radius 3 is 2.65 bits per heavy atom. The van der Waals surface area contributed by atoms with Crippen LogP contribution in [0.1, 0.15) is 57.8 Å². The van der Waals surface area contributed by atoms with E-state index in [-0.39, 0.29) is 35.1 Å². The van der Waals surface area contributed by atoms with E-state index in [0.717, 1.165) is 50.3 Å². The molecule has 5 fully saturated rings. The monoisotopic (exact) mass is 577 g/mol. The van der Waals surface area contributed by atoms with Crippen molar-refractivity contribution >= 4 is 23.5 Å². The average Bonchev–Trinajstić information content (AvgIpc) is 3.40. The molecule has 8 unspecified atom stereocenters. The number of primary amides is 1. The van der Waals surface area contributed by atoms with Crippen molar-refractivity contribution in [1.29, 1.82) is 0 Å². The Morgan fingerprint density at radius 2 is 1.85 bits per heavy atom. The summed E-state index contributed by atoms with van der Waals surface area (Å²) in [6.07, 6.45) is 11.7. The van der Waals surface area contributed by atoms with Gasteiger partial charge < -0.3 is 41.8 Å². The number of ether oxygens (including phenoxy) is 2. The summed E-state index contributed by atoms with van der Waals surface area (Å²) >= 11 is 1.85. The van der Waals surface area contributed by atoms with Crippen LogP contribution < -0.4 is 27.4 Å². The van der Waals surface area contributed by atoms with Gasteiger partial charge in [0.1, 0.15) is 12.1 Å². The fourth-order valence-corrected chi connectivity index (χ4v) is 9.69. The van der Waals surface area contributed by atoms with Crippen molar-refractivity contribution in [1.82, 2.24) is 20.9 Å². The Morgan fingerprint density at radius 1 is 1.05 bits per heavy atom. The number of nitrogens with two attached hydrogens (primary N) is 1. The van der Waals surface area contributed by atoms with E-state index in [2.05, 4.69) is 26.6 Å². The molecule has 10 atom stereocenters. The molecular formula is C29H49N6O4S+. The van der Waals surface area contributed by atoms with Crippen molar-refractivity contribution in [3.05, 3.63) is 11.1 Å². The van der Waals surface area contributed by atoms with Gasteiger partial charge in [0, 0.05) is 61.4 Å². The number of nitrogens with one attached hydrogen (secondary N) is 3. The number of ketones is 1. The number of nitrogens with zero attached hydrogens (tertiary/aromatic N) is 1. The molecule has 0 aromatic heterocycles. The van der Waals surface area contributed by atoms with Crippen LogP contribution >= 0.6 is 11.8 Å². The zero-order valence-corrected chi connectivity index (χ0v) is 24.5. The molecule has 0 bridgehead atoms. The fourth-order valence-electron chi connectivity index (χ4n) is 8.08. The molecule has 11 heteroatoms. The third-order valence-corrected chi connectivity index (χ3v) is 11.8. The number of morpholine rings is 1. The van der Waals surface area contributed by atoms with Gasteiger partial charge in [0.15, 0.2) is 5.78 Å². The quantitative estimate of drug-likeness (QED) is 0.276. The lowest BCUT2D eigenvalue weighted by Crippen LogP contribution is -2.72. The molecule has 0 spiro atoms. The van der Waals surface area contributed by atoms with E-state index >= 15 is 0 Å². The molecule has 0 aromatic rings. The van der Waals surface area contributed by atoms with Crippen LogP contribution in [-0.2, 0) is 19.1 Å². The van der Waals surface area contributed by atoms with E-state index < -0.39 is 0 Å². The Hall–Kier alpha value is -1.21. The van der Waals surface area contributed by atoms with E-state index in [4.69, 9.17) is 15.2 Å². The second kappa shape index (κ2) is 13.0. The van der Waals surface area contributed by atoms with Crippen molar-refractivity contribution in [3.8, 4) is 0 Å². The van der Waals surface area contributed by atoms with Gasteiger partial charge in [-0.25, -0.2) is 0 Å². The fraction of sp³-hybridized carbons (Fsp3) is 0.862. The van der Waals surface area contributed by atoms with Gasteiger partial charge in [0.2, 0.25) is 5.91 Å². The summed E-state index contributed by atoms with van der Waals surface area (Å²) in [5.74, 6) is 0.705. The van der Waals surface area contributed by atoms with Crippen LogP contribution in [0.3, 0.4) is 0 Å². The molecule has 6 rings (SSSR count). The summed E-state index contributed by atoms with van der Waals surface area (Å²) in [6, 6.07) is 1.19. The maximum Gasteiger partial charge on any atom is 0.236 e. The van der Waals surface area contributed by atoms with Crippen LogP contribution in [0.25, 0.3) is 0 Å². The third-order valence-electron chi connectivity index (χ3n) is 10.3. The highest BCUT2D eigenvalue weighted by atomic mass is 32.2. The smallest absolute Gasteiger partial charge is 0.236 e. The number of quaternary nitrogens is 1. The number of amides is 1. The van der Waals surface area contributed by atoms with Crippen LogP contribution in [0.5, 0.6) is 0 Å². The van der Waals surface area contributed by atoms with Gasteiger partial charge in [-0.1, -0.05) is 12.8 Å². The largest absolute Gasteiger partial charge is 0.378 e. The first-order chi connectivity index (χ1) is 19.5. The highest BCUT2D eigenvalue weighted by Crippen LogP contribution is 2.47. The van der Waals surface area contributed by atoms with Crippen molar-refractivity contribution < 1.29 is 24.8 Å². The van der Waals surface area contributed by atoms with Crippen LogP contribution in [0, 0.1) is 11.8 Å². The minimum Gasteiger partial charge on any atom is -0.378 e. The lowest BCUT2D eigenvalue weighted by Gasteiger charge is -2.43. The molecule has 8 N–H and O–H groups in total. The summed E-state index contributed by atoms with van der Waals surface area (Å²) in [7, 11) is 0. The number of piperidine rings is 1. The molecule has 0 aromatic carbocycles. The topological polar surface area (TPSA) is 146 Å². The van der Waals surface area contributed by atoms with Crippen LogP contribution in [0.4, 0.5) is 0 Å². The Kier molecular flexibility index (Phi) is 9.37. The molecule has 6 aliphatic rings. The SMILES string of the molecule is NC(=O)C1NCC(N[C@H]2CCCC[C@H]2[NH3+])CC1NC1CCCC(C2COC3C(=O)C=C(N4CCOCC4)SC32)C1. The van der Waals surface area contributed by atoms with Crippen LogP contribution in [0.2, 0.25) is 0 Å². The number of hydrogen-bond acceptors (Lipinski definition) is 9. The standard InChI is InChI=1S/C29H48N6O4S/c30-21-6-1-2-7-22(21)34-19-13-23(26(29(31)37)32-15-19)33-18-5-3-4-17(12-18)20-16-39-27-24(36)14-25(40-28(20)27)35-8-10-38-11-9-35/h14,17-23,26-28,32-34H,1-13,15-16,30H2,(H2,31,37)/p+1/t17?,18?,19?,20?,21-,22+,23?,26?,27?,28?/m1/s1. The maximum atomic E-state index is 13.0. The van der Waals surface area contributed by atoms with Gasteiger partial charge in [-0.15, -0.1) is 11.8 Å². The molecule has 1 amide bonds. The molecular weight excluding hydrogens is 528 g/mol. The van der Waals surface area contributed by atoms with Gasteiger partial charge in [0.05, 0.1) is 36.9 Å². The van der Waals surface area contributed by atoms with E-state index in [1.807, 2.05) is 11.8 Å². The molecule has 3 saturated heterocycles. The number of fused-ring (bicyclic) bond motifs is 1. The van der Waals surface area contributed by atoms with Crippen molar-refractivity contribution in [2.45, 2.75) is 105 Å². The first kappa shape index (κ1) is 28.9. The molecule has 2 saturated carbocycles. The average molecular weight is 578 g/mol. The number of carbonyl (C=O) groups is 2. The predicted molar refractivity (Wildman–Crippen MR) is 154 cm³/mol. The Bertz CT molecular complexity index is 947. The molecule has 40 heavy (non-hydrogen) atoms. The summed E-state index contributed by atoms with van der Waals surface area (Å²) in [5, 5.41) is 12.5. The first-order valence-electron chi connectivity index (χ1n) is 15.7. The van der Waals surface area contributed by atoms with Crippen LogP contribution in [0.15, 0.2) is 11.1 Å². The second-order valence-electron chi connectivity index (χ2n) is 12.9. The highest BCUT2D eigenvalue weighted by molar-refractivity contribution is 8.03. The van der Waals surface area contributed by atoms with Gasteiger partial charge in [-0.05, 0) is 44.4 Å². The number of rotatable bonds is 7. The zero-order valence-electron chi connectivity index (χ0n) is 23.7. The molecule has 4 aliphatic heterocycles. The van der Waals surface area contributed by atoms with Crippen molar-refractivity contribution in [2.24, 2.45) is 17.6 Å². The van der Waals surface area contributed by atoms with E-state index in [0.29, 0.717) is 55.8 Å². The molecule has 10 nitrogen and oxygen atoms in total.